The van der Waals surface area contributed by atoms with Gasteiger partial charge in [0.25, 0.3) is 0 Å². The molecular weight excluding hydrogens is 248 g/mol. The molecule has 0 fully saturated rings. The van der Waals surface area contributed by atoms with E-state index in [2.05, 4.69) is 6.92 Å². The second-order valence-corrected chi connectivity index (χ2v) is 5.03. The zero-order valence-corrected chi connectivity index (χ0v) is 11.8. The third-order valence-electron chi connectivity index (χ3n) is 3.50. The summed E-state index contributed by atoms with van der Waals surface area (Å²) in [5.74, 6) is 1.43. The summed E-state index contributed by atoms with van der Waals surface area (Å²) in [7, 11) is 0. The standard InChI is InChI=1S/C18H20O2/c1-2-3-4-13-18-19-16-11-7-5-9-14(16)15-10-6-8-12-17(15)20-18/h5-12,18H,2-4,13H2,1H3/i18D. The smallest absolute Gasteiger partial charge is 0.241 e. The van der Waals surface area contributed by atoms with Gasteiger partial charge in [0, 0.05) is 17.5 Å². The van der Waals surface area contributed by atoms with Crippen LogP contribution in [0.15, 0.2) is 48.5 Å². The molecule has 0 bridgehead atoms. The van der Waals surface area contributed by atoms with Crippen molar-refractivity contribution in [2.75, 3.05) is 0 Å². The Morgan fingerprint density at radius 3 is 2.00 bits per heavy atom. The maximum atomic E-state index is 8.56. The minimum atomic E-state index is -1.35. The highest BCUT2D eigenvalue weighted by Gasteiger charge is 2.22. The fourth-order valence-corrected chi connectivity index (χ4v) is 2.44. The van der Waals surface area contributed by atoms with Crippen LogP contribution < -0.4 is 9.47 Å². The molecule has 0 N–H and O–H groups in total. The summed E-state index contributed by atoms with van der Waals surface area (Å²) in [4.78, 5) is 0. The normalized spacial score (nSPS) is 15.9. The molecule has 0 amide bonds. The third kappa shape index (κ3) is 2.64. The van der Waals surface area contributed by atoms with E-state index in [-0.39, 0.29) is 0 Å². The molecule has 0 radical (unpaired) electrons. The predicted molar refractivity (Wildman–Crippen MR) is 81.1 cm³/mol. The van der Waals surface area contributed by atoms with Crippen LogP contribution in [0.3, 0.4) is 0 Å². The lowest BCUT2D eigenvalue weighted by Gasteiger charge is -2.18. The van der Waals surface area contributed by atoms with Crippen LogP contribution in [0.2, 0.25) is 0 Å². The van der Waals surface area contributed by atoms with Gasteiger partial charge in [-0.1, -0.05) is 56.2 Å². The molecule has 0 aliphatic carbocycles. The van der Waals surface area contributed by atoms with Crippen molar-refractivity contribution in [3.05, 3.63) is 48.5 Å². The lowest BCUT2D eigenvalue weighted by Crippen LogP contribution is -2.23. The molecule has 1 heterocycles. The van der Waals surface area contributed by atoms with Crippen LogP contribution in [0, 0.1) is 0 Å². The first-order valence-corrected chi connectivity index (χ1v) is 7.28. The van der Waals surface area contributed by atoms with E-state index in [1.54, 1.807) is 0 Å². The highest BCUT2D eigenvalue weighted by molar-refractivity contribution is 5.76. The van der Waals surface area contributed by atoms with E-state index in [0.717, 1.165) is 30.4 Å². The average Bonchev–Trinajstić information content (AvgIpc) is 2.61. The highest BCUT2D eigenvalue weighted by atomic mass is 16.7. The molecule has 0 saturated heterocycles. The molecule has 0 unspecified atom stereocenters. The SMILES string of the molecule is [2H]C1(CCCCC)Oc2ccccc2-c2ccccc2O1. The minimum absolute atomic E-state index is 0.559. The molecule has 0 spiro atoms. The van der Waals surface area contributed by atoms with Gasteiger partial charge in [0.1, 0.15) is 12.9 Å². The molecule has 2 aromatic carbocycles. The third-order valence-corrected chi connectivity index (χ3v) is 3.50. The largest absolute Gasteiger partial charge is 0.454 e. The van der Waals surface area contributed by atoms with Crippen molar-refractivity contribution in [2.45, 2.75) is 38.9 Å². The number of rotatable bonds is 4. The number of benzene rings is 2. The summed E-state index contributed by atoms with van der Waals surface area (Å²) < 4.78 is 20.4. The molecule has 104 valence electrons. The van der Waals surface area contributed by atoms with Crippen molar-refractivity contribution in [1.82, 2.24) is 0 Å². The van der Waals surface area contributed by atoms with Crippen LogP contribution in [-0.4, -0.2) is 6.27 Å². The number of ether oxygens (including phenoxy) is 2. The first kappa shape index (κ1) is 11.8. The zero-order chi connectivity index (χ0) is 14.7. The number of fused-ring (bicyclic) bond motifs is 3. The Morgan fingerprint density at radius 2 is 1.45 bits per heavy atom. The van der Waals surface area contributed by atoms with Gasteiger partial charge in [-0.15, -0.1) is 0 Å². The van der Waals surface area contributed by atoms with Gasteiger partial charge in [0.2, 0.25) is 6.27 Å². The van der Waals surface area contributed by atoms with Crippen molar-refractivity contribution in [2.24, 2.45) is 0 Å². The monoisotopic (exact) mass is 269 g/mol. The lowest BCUT2D eigenvalue weighted by molar-refractivity contribution is 0.00124. The van der Waals surface area contributed by atoms with Crippen molar-refractivity contribution in [3.63, 3.8) is 0 Å². The Morgan fingerprint density at radius 1 is 0.900 bits per heavy atom. The van der Waals surface area contributed by atoms with E-state index in [1.165, 1.54) is 0 Å². The Kier molecular flexibility index (Phi) is 3.55. The van der Waals surface area contributed by atoms with Gasteiger partial charge in [0.15, 0.2) is 0 Å². The van der Waals surface area contributed by atoms with Gasteiger partial charge in [-0.05, 0) is 18.6 Å². The van der Waals surface area contributed by atoms with Gasteiger partial charge in [-0.3, -0.25) is 0 Å². The van der Waals surface area contributed by atoms with Crippen molar-refractivity contribution >= 4 is 0 Å². The molecule has 3 rings (SSSR count). The van der Waals surface area contributed by atoms with Crippen LogP contribution in [0.1, 0.15) is 34.0 Å². The Bertz CT molecular complexity index is 577. The second kappa shape index (κ2) is 6.00. The first-order valence-electron chi connectivity index (χ1n) is 7.78. The highest BCUT2D eigenvalue weighted by Crippen LogP contribution is 2.40. The number of hydrogen-bond donors (Lipinski definition) is 0. The van der Waals surface area contributed by atoms with Crippen molar-refractivity contribution in [1.29, 1.82) is 0 Å². The maximum absolute atomic E-state index is 8.56. The van der Waals surface area contributed by atoms with Gasteiger partial charge in [0.05, 0.1) is 0 Å². The second-order valence-electron chi connectivity index (χ2n) is 5.03. The molecule has 0 aromatic heterocycles. The van der Waals surface area contributed by atoms with Gasteiger partial charge < -0.3 is 9.47 Å². The molecule has 1 aliphatic rings. The molecule has 20 heavy (non-hydrogen) atoms. The van der Waals surface area contributed by atoms with Crippen LogP contribution in [0.25, 0.3) is 11.1 Å². The van der Waals surface area contributed by atoms with Gasteiger partial charge in [-0.2, -0.15) is 0 Å². The van der Waals surface area contributed by atoms with Crippen LogP contribution in [0.4, 0.5) is 0 Å². The Labute approximate surface area is 121 Å². The fraction of sp³-hybridized carbons (Fsp3) is 0.333. The first-order chi connectivity index (χ1) is 10.2. The Balaban J connectivity index is 2.00. The molecule has 1 aliphatic heterocycles. The summed E-state index contributed by atoms with van der Waals surface area (Å²) in [6, 6.07) is 15.6. The fourth-order valence-electron chi connectivity index (χ4n) is 2.44. The molecule has 2 nitrogen and oxygen atoms in total. The van der Waals surface area contributed by atoms with Gasteiger partial charge in [-0.25, -0.2) is 0 Å². The number of hydrogen-bond acceptors (Lipinski definition) is 2. The van der Waals surface area contributed by atoms with Crippen LogP contribution >= 0.6 is 0 Å². The maximum Gasteiger partial charge on any atom is 0.241 e. The lowest BCUT2D eigenvalue weighted by atomic mass is 10.0. The Hall–Kier alpha value is -1.96. The quantitative estimate of drug-likeness (QED) is 0.725. The molecule has 0 atom stereocenters. The van der Waals surface area contributed by atoms with Gasteiger partial charge >= 0.3 is 0 Å². The molecule has 2 heteroatoms. The molecular formula is C18H20O2. The van der Waals surface area contributed by atoms with E-state index in [0.29, 0.717) is 17.9 Å². The van der Waals surface area contributed by atoms with E-state index in [9.17, 15) is 0 Å². The average molecular weight is 269 g/mol. The summed E-state index contributed by atoms with van der Waals surface area (Å²) in [6.45, 7) is 2.15. The van der Waals surface area contributed by atoms with E-state index in [4.69, 9.17) is 10.8 Å². The van der Waals surface area contributed by atoms with Crippen LogP contribution in [-0.2, 0) is 0 Å². The summed E-state index contributed by atoms with van der Waals surface area (Å²) in [5.41, 5.74) is 1.97. The van der Waals surface area contributed by atoms with E-state index >= 15 is 0 Å². The molecule has 2 aromatic rings. The molecule has 0 saturated carbocycles. The van der Waals surface area contributed by atoms with Crippen molar-refractivity contribution < 1.29 is 10.8 Å². The van der Waals surface area contributed by atoms with E-state index < -0.39 is 6.27 Å². The summed E-state index contributed by atoms with van der Waals surface area (Å²) in [6.07, 6.45) is 2.33. The van der Waals surface area contributed by atoms with Crippen LogP contribution in [0.5, 0.6) is 11.5 Å². The number of unbranched alkanes of at least 4 members (excludes halogenated alkanes) is 2. The van der Waals surface area contributed by atoms with Crippen molar-refractivity contribution in [3.8, 4) is 22.6 Å². The minimum Gasteiger partial charge on any atom is -0.454 e. The zero-order valence-electron chi connectivity index (χ0n) is 12.8. The predicted octanol–water partition coefficient (Wildman–Crippen LogP) is 5.03. The topological polar surface area (TPSA) is 18.5 Å². The number of para-hydroxylation sites is 2. The van der Waals surface area contributed by atoms with E-state index in [1.807, 2.05) is 48.5 Å². The summed E-state index contributed by atoms with van der Waals surface area (Å²) in [5, 5.41) is 0. The summed E-state index contributed by atoms with van der Waals surface area (Å²) >= 11 is 0.